The molecular weight excluding hydrogens is 264 g/mol. The molecule has 17 heavy (non-hydrogen) atoms. The number of sulfonamides is 1. The molecule has 1 unspecified atom stereocenters. The summed E-state index contributed by atoms with van der Waals surface area (Å²) in [5, 5.41) is 5.10. The highest BCUT2D eigenvalue weighted by atomic mass is 35.5. The molecule has 0 aliphatic heterocycles. The fourth-order valence-corrected chi connectivity index (χ4v) is 2.28. The highest BCUT2D eigenvalue weighted by molar-refractivity contribution is 7.89. The van der Waals surface area contributed by atoms with Crippen molar-refractivity contribution in [1.29, 1.82) is 0 Å². The Kier molecular flexibility index (Phi) is 4.76. The maximum atomic E-state index is 11.4. The Morgan fingerprint density at radius 3 is 2.59 bits per heavy atom. The smallest absolute Gasteiger partial charge is 0.241 e. The van der Waals surface area contributed by atoms with Gasteiger partial charge in [-0.05, 0) is 24.1 Å². The molecular formula is C10H15ClN2O3S. The van der Waals surface area contributed by atoms with Gasteiger partial charge in [0.15, 0.2) is 0 Å². The topological polar surface area (TPSA) is 95.4 Å². The molecule has 1 atom stereocenters. The molecule has 0 spiro atoms. The molecule has 0 saturated carbocycles. The summed E-state index contributed by atoms with van der Waals surface area (Å²) in [6, 6.07) is 4.52. The van der Waals surface area contributed by atoms with E-state index in [4.69, 9.17) is 27.2 Å². The molecule has 1 rings (SSSR count). The van der Waals surface area contributed by atoms with Crippen molar-refractivity contribution in [1.82, 2.24) is 0 Å². The average molecular weight is 279 g/mol. The number of rotatable bonds is 5. The normalized spacial score (nSPS) is 13.4. The van der Waals surface area contributed by atoms with E-state index in [0.29, 0.717) is 12.3 Å². The van der Waals surface area contributed by atoms with Crippen LogP contribution in [-0.4, -0.2) is 27.4 Å². The lowest BCUT2D eigenvalue weighted by atomic mass is 10.1. The van der Waals surface area contributed by atoms with Crippen molar-refractivity contribution in [2.75, 3.05) is 13.0 Å². The van der Waals surface area contributed by atoms with Gasteiger partial charge in [-0.3, -0.25) is 0 Å². The van der Waals surface area contributed by atoms with Gasteiger partial charge in [0.05, 0.1) is 7.11 Å². The van der Waals surface area contributed by atoms with E-state index in [0.717, 1.165) is 5.56 Å². The predicted octanol–water partition coefficient (Wildman–Crippen LogP) is 0.451. The molecule has 96 valence electrons. The Morgan fingerprint density at radius 1 is 1.47 bits per heavy atom. The van der Waals surface area contributed by atoms with Crippen molar-refractivity contribution in [2.24, 2.45) is 10.9 Å². The molecule has 0 fully saturated rings. The average Bonchev–Trinajstić information content (AvgIpc) is 2.27. The Bertz CT molecular complexity index is 490. The minimum atomic E-state index is -3.81. The second kappa shape index (κ2) is 5.68. The zero-order chi connectivity index (χ0) is 13.1. The van der Waals surface area contributed by atoms with E-state index in [1.807, 2.05) is 0 Å². The molecule has 0 amide bonds. The third-order valence-electron chi connectivity index (χ3n) is 2.23. The molecule has 4 N–H and O–H groups in total. The largest absolute Gasteiger partial charge is 0.495 e. The minimum absolute atomic E-state index is 0.0423. The molecule has 0 radical (unpaired) electrons. The van der Waals surface area contributed by atoms with E-state index in [1.165, 1.54) is 13.2 Å². The van der Waals surface area contributed by atoms with Gasteiger partial charge in [0, 0.05) is 11.9 Å². The van der Waals surface area contributed by atoms with Crippen LogP contribution in [0.2, 0.25) is 0 Å². The fourth-order valence-electron chi connectivity index (χ4n) is 1.43. The van der Waals surface area contributed by atoms with Gasteiger partial charge in [0.25, 0.3) is 0 Å². The number of hydrogen-bond acceptors (Lipinski definition) is 4. The number of methoxy groups -OCH3 is 1. The quantitative estimate of drug-likeness (QED) is 0.765. The SMILES string of the molecule is COc1ccc(CC(N)CCl)cc1S(N)(=O)=O. The van der Waals surface area contributed by atoms with Crippen LogP contribution in [0.4, 0.5) is 0 Å². The van der Waals surface area contributed by atoms with Gasteiger partial charge in [0.2, 0.25) is 10.0 Å². The third-order valence-corrected chi connectivity index (χ3v) is 3.56. The Balaban J connectivity index is 3.14. The first-order chi connectivity index (χ1) is 7.88. The number of benzene rings is 1. The van der Waals surface area contributed by atoms with Crippen LogP contribution >= 0.6 is 11.6 Å². The van der Waals surface area contributed by atoms with E-state index >= 15 is 0 Å². The summed E-state index contributed by atoms with van der Waals surface area (Å²) >= 11 is 5.60. The van der Waals surface area contributed by atoms with E-state index in [1.54, 1.807) is 12.1 Å². The van der Waals surface area contributed by atoms with Crippen molar-refractivity contribution in [3.8, 4) is 5.75 Å². The van der Waals surface area contributed by atoms with E-state index in [-0.39, 0.29) is 16.7 Å². The number of alkyl halides is 1. The highest BCUT2D eigenvalue weighted by Crippen LogP contribution is 2.24. The van der Waals surface area contributed by atoms with Gasteiger partial charge >= 0.3 is 0 Å². The van der Waals surface area contributed by atoms with Crippen LogP contribution in [0.3, 0.4) is 0 Å². The van der Waals surface area contributed by atoms with Gasteiger partial charge in [-0.15, -0.1) is 11.6 Å². The molecule has 0 aliphatic carbocycles. The Labute approximate surface area is 106 Å². The standard InChI is InChI=1S/C10H15ClN2O3S/c1-16-9-3-2-7(4-8(12)6-11)5-10(9)17(13,14)15/h2-3,5,8H,4,6,12H2,1H3,(H2,13,14,15). The summed E-state index contributed by atoms with van der Waals surface area (Å²) < 4.78 is 27.7. The summed E-state index contributed by atoms with van der Waals surface area (Å²) in [7, 11) is -2.43. The van der Waals surface area contributed by atoms with Crippen LogP contribution in [0.15, 0.2) is 23.1 Å². The molecule has 1 aromatic rings. The van der Waals surface area contributed by atoms with E-state index in [9.17, 15) is 8.42 Å². The maximum Gasteiger partial charge on any atom is 0.241 e. The monoisotopic (exact) mass is 278 g/mol. The van der Waals surface area contributed by atoms with Gasteiger partial charge in [-0.2, -0.15) is 0 Å². The van der Waals surface area contributed by atoms with Crippen LogP contribution in [0.25, 0.3) is 0 Å². The first kappa shape index (κ1) is 14.2. The Hall–Kier alpha value is -0.820. The third kappa shape index (κ3) is 3.85. The van der Waals surface area contributed by atoms with Crippen LogP contribution in [0.1, 0.15) is 5.56 Å². The fraction of sp³-hybridized carbons (Fsp3) is 0.400. The molecule has 0 heterocycles. The number of ether oxygens (including phenoxy) is 1. The summed E-state index contributed by atoms with van der Waals surface area (Å²) in [6.07, 6.45) is 0.482. The zero-order valence-corrected chi connectivity index (χ0v) is 11.0. The first-order valence-corrected chi connectivity index (χ1v) is 6.98. The van der Waals surface area contributed by atoms with Crippen LogP contribution in [0.5, 0.6) is 5.75 Å². The van der Waals surface area contributed by atoms with Crippen molar-refractivity contribution < 1.29 is 13.2 Å². The second-order valence-corrected chi connectivity index (χ2v) is 5.49. The Morgan fingerprint density at radius 2 is 2.12 bits per heavy atom. The lowest BCUT2D eigenvalue weighted by Crippen LogP contribution is -2.24. The molecule has 1 aromatic carbocycles. The van der Waals surface area contributed by atoms with Gasteiger partial charge in [-0.25, -0.2) is 13.6 Å². The van der Waals surface area contributed by atoms with Crippen molar-refractivity contribution >= 4 is 21.6 Å². The van der Waals surface area contributed by atoms with Crippen molar-refractivity contribution in [3.63, 3.8) is 0 Å². The van der Waals surface area contributed by atoms with E-state index in [2.05, 4.69) is 0 Å². The number of hydrogen-bond donors (Lipinski definition) is 2. The number of nitrogens with two attached hydrogens (primary N) is 2. The summed E-state index contributed by atoms with van der Waals surface area (Å²) in [4.78, 5) is -0.0423. The molecule has 0 aliphatic rings. The number of primary sulfonamides is 1. The van der Waals surface area contributed by atoms with Crippen LogP contribution in [0, 0.1) is 0 Å². The predicted molar refractivity (Wildman–Crippen MR) is 66.8 cm³/mol. The van der Waals surface area contributed by atoms with Crippen molar-refractivity contribution in [3.05, 3.63) is 23.8 Å². The number of halogens is 1. The van der Waals surface area contributed by atoms with Gasteiger partial charge < -0.3 is 10.5 Å². The molecule has 0 saturated heterocycles. The lowest BCUT2D eigenvalue weighted by molar-refractivity contribution is 0.402. The minimum Gasteiger partial charge on any atom is -0.495 e. The zero-order valence-electron chi connectivity index (χ0n) is 9.39. The summed E-state index contributed by atoms with van der Waals surface area (Å²) in [5.74, 6) is 0.521. The highest BCUT2D eigenvalue weighted by Gasteiger charge is 2.16. The maximum absolute atomic E-state index is 11.4. The molecule has 0 aromatic heterocycles. The van der Waals surface area contributed by atoms with Gasteiger partial charge in [0.1, 0.15) is 10.6 Å². The molecule has 7 heteroatoms. The lowest BCUT2D eigenvalue weighted by Gasteiger charge is -2.11. The van der Waals surface area contributed by atoms with Crippen molar-refractivity contribution in [2.45, 2.75) is 17.4 Å². The summed E-state index contributed by atoms with van der Waals surface area (Å²) in [5.41, 5.74) is 6.44. The molecule has 0 bridgehead atoms. The van der Waals surface area contributed by atoms with Gasteiger partial charge in [-0.1, -0.05) is 6.07 Å². The molecule has 5 nitrogen and oxygen atoms in total. The first-order valence-electron chi connectivity index (χ1n) is 4.89. The van der Waals surface area contributed by atoms with Crippen LogP contribution in [-0.2, 0) is 16.4 Å². The second-order valence-electron chi connectivity index (χ2n) is 3.65. The van der Waals surface area contributed by atoms with E-state index < -0.39 is 10.0 Å². The summed E-state index contributed by atoms with van der Waals surface area (Å²) in [6.45, 7) is 0. The van der Waals surface area contributed by atoms with Crippen LogP contribution < -0.4 is 15.6 Å².